The molecule has 0 aliphatic carbocycles. The number of nitrogens with zero attached hydrogens (tertiary/aromatic N) is 1. The van der Waals surface area contributed by atoms with Gasteiger partial charge in [-0.2, -0.15) is 0 Å². The van der Waals surface area contributed by atoms with E-state index in [9.17, 15) is 9.59 Å². The number of furan rings is 1. The Morgan fingerprint density at radius 1 is 1.53 bits per heavy atom. The van der Waals surface area contributed by atoms with Gasteiger partial charge in [0.05, 0.1) is 11.8 Å². The molecule has 0 saturated carbocycles. The van der Waals surface area contributed by atoms with Gasteiger partial charge < -0.3 is 14.4 Å². The third-order valence-corrected chi connectivity index (χ3v) is 3.66. The average Bonchev–Trinajstić information content (AvgIpc) is 2.82. The van der Waals surface area contributed by atoms with Crippen LogP contribution in [0.5, 0.6) is 0 Å². The minimum Gasteiger partial charge on any atom is -0.481 e. The predicted octanol–water partition coefficient (Wildman–Crippen LogP) is 2.31. The van der Waals surface area contributed by atoms with Crippen molar-refractivity contribution in [3.8, 4) is 0 Å². The highest BCUT2D eigenvalue weighted by Gasteiger charge is 2.26. The smallest absolute Gasteiger partial charge is 0.303 e. The van der Waals surface area contributed by atoms with Crippen molar-refractivity contribution in [2.45, 2.75) is 32.6 Å². The van der Waals surface area contributed by atoms with E-state index in [4.69, 9.17) is 9.52 Å². The zero-order valence-corrected chi connectivity index (χ0v) is 11.1. The summed E-state index contributed by atoms with van der Waals surface area (Å²) in [4.78, 5) is 24.7. The molecule has 1 aromatic heterocycles. The van der Waals surface area contributed by atoms with Gasteiger partial charge in [-0.1, -0.05) is 0 Å². The lowest BCUT2D eigenvalue weighted by Gasteiger charge is -2.32. The van der Waals surface area contributed by atoms with Gasteiger partial charge >= 0.3 is 5.97 Å². The number of piperidine rings is 1. The molecule has 0 spiro atoms. The van der Waals surface area contributed by atoms with E-state index in [1.807, 2.05) is 4.90 Å². The number of likely N-dealkylation sites (tertiary alicyclic amines) is 1. The molecular weight excluding hydrogens is 246 g/mol. The quantitative estimate of drug-likeness (QED) is 0.906. The van der Waals surface area contributed by atoms with Crippen molar-refractivity contribution in [1.82, 2.24) is 4.90 Å². The molecule has 19 heavy (non-hydrogen) atoms. The van der Waals surface area contributed by atoms with Crippen LogP contribution in [0.25, 0.3) is 0 Å². The van der Waals surface area contributed by atoms with Gasteiger partial charge in [0, 0.05) is 19.5 Å². The maximum atomic E-state index is 12.3. The molecular formula is C14H19NO4. The summed E-state index contributed by atoms with van der Waals surface area (Å²) in [6, 6.07) is 1.69. The van der Waals surface area contributed by atoms with Gasteiger partial charge in [0.2, 0.25) is 0 Å². The maximum Gasteiger partial charge on any atom is 0.303 e. The normalized spacial score (nSPS) is 19.4. The molecule has 1 fully saturated rings. The van der Waals surface area contributed by atoms with Crippen LogP contribution in [-0.4, -0.2) is 35.0 Å². The molecule has 1 atom stereocenters. The largest absolute Gasteiger partial charge is 0.481 e. The van der Waals surface area contributed by atoms with Gasteiger partial charge in [0.15, 0.2) is 0 Å². The average molecular weight is 265 g/mol. The Labute approximate surface area is 112 Å². The summed E-state index contributed by atoms with van der Waals surface area (Å²) in [5.74, 6) is 0.152. The minimum atomic E-state index is -0.769. The number of carbonyl (C=O) groups is 2. The molecule has 2 heterocycles. The van der Waals surface area contributed by atoms with Crippen LogP contribution in [0, 0.1) is 12.8 Å². The molecule has 0 radical (unpaired) electrons. The summed E-state index contributed by atoms with van der Waals surface area (Å²) < 4.78 is 5.16. The van der Waals surface area contributed by atoms with Gasteiger partial charge in [-0.05, 0) is 38.2 Å². The number of carboxylic acids is 1. The van der Waals surface area contributed by atoms with E-state index in [0.29, 0.717) is 30.2 Å². The molecule has 1 saturated heterocycles. The van der Waals surface area contributed by atoms with Crippen LogP contribution in [0.2, 0.25) is 0 Å². The standard InChI is InChI=1S/C14H19NO4/c1-10-12(6-8-19-10)14(18)15-7-2-3-11(9-15)4-5-13(16)17/h6,8,11H,2-5,7,9H2,1H3,(H,16,17)/t11-/m1/s1. The highest BCUT2D eigenvalue weighted by Crippen LogP contribution is 2.23. The van der Waals surface area contributed by atoms with Crippen molar-refractivity contribution >= 4 is 11.9 Å². The van der Waals surface area contributed by atoms with Crippen LogP contribution in [0.15, 0.2) is 16.7 Å². The van der Waals surface area contributed by atoms with Crippen LogP contribution in [0.3, 0.4) is 0 Å². The zero-order chi connectivity index (χ0) is 13.8. The maximum absolute atomic E-state index is 12.3. The Bertz CT molecular complexity index is 466. The number of aryl methyl sites for hydroxylation is 1. The summed E-state index contributed by atoms with van der Waals surface area (Å²) in [5.41, 5.74) is 0.610. The van der Waals surface area contributed by atoms with E-state index in [-0.39, 0.29) is 12.3 Å². The van der Waals surface area contributed by atoms with Crippen LogP contribution >= 0.6 is 0 Å². The summed E-state index contributed by atoms with van der Waals surface area (Å²) in [6.45, 7) is 3.17. The van der Waals surface area contributed by atoms with Crippen molar-refractivity contribution in [1.29, 1.82) is 0 Å². The van der Waals surface area contributed by atoms with Crippen molar-refractivity contribution in [2.24, 2.45) is 5.92 Å². The number of carbonyl (C=O) groups excluding carboxylic acids is 1. The first kappa shape index (κ1) is 13.6. The molecule has 1 amide bonds. The summed E-state index contributed by atoms with van der Waals surface area (Å²) in [7, 11) is 0. The topological polar surface area (TPSA) is 70.8 Å². The first-order valence-electron chi connectivity index (χ1n) is 6.63. The van der Waals surface area contributed by atoms with Crippen LogP contribution in [-0.2, 0) is 4.79 Å². The molecule has 5 nitrogen and oxygen atoms in total. The first-order chi connectivity index (χ1) is 9.08. The first-order valence-corrected chi connectivity index (χ1v) is 6.63. The Morgan fingerprint density at radius 3 is 2.95 bits per heavy atom. The number of hydrogen-bond donors (Lipinski definition) is 1. The molecule has 1 aromatic rings. The molecule has 104 valence electrons. The fourth-order valence-corrected chi connectivity index (χ4v) is 2.59. The fourth-order valence-electron chi connectivity index (χ4n) is 2.59. The lowest BCUT2D eigenvalue weighted by Crippen LogP contribution is -2.40. The summed E-state index contributed by atoms with van der Waals surface area (Å²) in [6.07, 6.45) is 4.28. The molecule has 0 aromatic carbocycles. The van der Waals surface area contributed by atoms with E-state index in [2.05, 4.69) is 0 Å². The summed E-state index contributed by atoms with van der Waals surface area (Å²) >= 11 is 0. The van der Waals surface area contributed by atoms with Gasteiger partial charge in [-0.25, -0.2) is 0 Å². The molecule has 0 bridgehead atoms. The third-order valence-electron chi connectivity index (χ3n) is 3.66. The van der Waals surface area contributed by atoms with E-state index in [0.717, 1.165) is 19.4 Å². The summed E-state index contributed by atoms with van der Waals surface area (Å²) in [5, 5.41) is 8.71. The molecule has 2 rings (SSSR count). The van der Waals surface area contributed by atoms with Gasteiger partial charge in [-0.3, -0.25) is 9.59 Å². The van der Waals surface area contributed by atoms with Crippen LogP contribution in [0.4, 0.5) is 0 Å². The monoisotopic (exact) mass is 265 g/mol. The Morgan fingerprint density at radius 2 is 2.32 bits per heavy atom. The molecule has 5 heteroatoms. The van der Waals surface area contributed by atoms with E-state index in [1.165, 1.54) is 6.26 Å². The molecule has 1 aliphatic rings. The highest BCUT2D eigenvalue weighted by atomic mass is 16.4. The van der Waals surface area contributed by atoms with Crippen LogP contribution < -0.4 is 0 Å². The lowest BCUT2D eigenvalue weighted by atomic mass is 9.93. The van der Waals surface area contributed by atoms with Gasteiger partial charge in [0.25, 0.3) is 5.91 Å². The molecule has 1 aliphatic heterocycles. The second-order valence-corrected chi connectivity index (χ2v) is 5.08. The SMILES string of the molecule is Cc1occc1C(=O)N1CCC[C@H](CCC(=O)O)C1. The van der Waals surface area contributed by atoms with E-state index in [1.54, 1.807) is 13.0 Å². The van der Waals surface area contributed by atoms with Crippen LogP contribution in [0.1, 0.15) is 41.8 Å². The highest BCUT2D eigenvalue weighted by molar-refractivity contribution is 5.95. The Hall–Kier alpha value is -1.78. The number of aliphatic carboxylic acids is 1. The van der Waals surface area contributed by atoms with Crippen molar-refractivity contribution < 1.29 is 19.1 Å². The second-order valence-electron chi connectivity index (χ2n) is 5.08. The van der Waals surface area contributed by atoms with Gasteiger partial charge in [0.1, 0.15) is 5.76 Å². The number of carboxylic acid groups (broad SMARTS) is 1. The van der Waals surface area contributed by atoms with Gasteiger partial charge in [-0.15, -0.1) is 0 Å². The van der Waals surface area contributed by atoms with Crippen molar-refractivity contribution in [3.05, 3.63) is 23.7 Å². The number of amides is 1. The molecule has 0 unspecified atom stereocenters. The Kier molecular flexibility index (Phi) is 4.24. The zero-order valence-electron chi connectivity index (χ0n) is 11.1. The minimum absolute atomic E-state index is 0.00808. The lowest BCUT2D eigenvalue weighted by molar-refractivity contribution is -0.137. The van der Waals surface area contributed by atoms with E-state index >= 15 is 0 Å². The van der Waals surface area contributed by atoms with E-state index < -0.39 is 5.97 Å². The Balaban J connectivity index is 1.95. The number of rotatable bonds is 4. The third kappa shape index (κ3) is 3.36. The van der Waals surface area contributed by atoms with Crippen molar-refractivity contribution in [2.75, 3.05) is 13.1 Å². The second kappa shape index (κ2) is 5.91. The number of hydrogen-bond acceptors (Lipinski definition) is 3. The van der Waals surface area contributed by atoms with Crippen molar-refractivity contribution in [3.63, 3.8) is 0 Å². The predicted molar refractivity (Wildman–Crippen MR) is 68.9 cm³/mol. The molecule has 1 N–H and O–H groups in total. The fraction of sp³-hybridized carbons (Fsp3) is 0.571.